The normalized spacial score (nSPS) is 21.0. The van der Waals surface area contributed by atoms with Gasteiger partial charge in [-0.25, -0.2) is 0 Å². The topological polar surface area (TPSA) is 53.2 Å². The van der Waals surface area contributed by atoms with Crippen LogP contribution in [-0.2, 0) is 6.42 Å². The number of carbonyl (C=O) groups is 1. The molecular weight excluding hydrogens is 294 g/mol. The van der Waals surface area contributed by atoms with E-state index in [0.29, 0.717) is 22.6 Å². The van der Waals surface area contributed by atoms with E-state index in [0.717, 1.165) is 12.8 Å². The fraction of sp³-hybridized carbons (Fsp3) is 0.529. The molecule has 1 aliphatic carbocycles. The molecule has 1 amide bonds. The van der Waals surface area contributed by atoms with Gasteiger partial charge in [-0.15, -0.1) is 0 Å². The van der Waals surface area contributed by atoms with E-state index < -0.39 is 0 Å². The Labute approximate surface area is 138 Å². The Balaban J connectivity index is 1.78. The van der Waals surface area contributed by atoms with Crippen molar-refractivity contribution >= 4 is 23.2 Å². The Morgan fingerprint density at radius 3 is 2.50 bits per heavy atom. The molecule has 1 aliphatic rings. The van der Waals surface area contributed by atoms with Crippen molar-refractivity contribution in [3.8, 4) is 0 Å². The first kappa shape index (κ1) is 16.7. The maximum absolute atomic E-state index is 12.0. The van der Waals surface area contributed by atoms with E-state index in [1.165, 1.54) is 24.8 Å². The number of thiocarbonyl (C=S) groups is 1. The van der Waals surface area contributed by atoms with Crippen LogP contribution in [0.5, 0.6) is 0 Å². The number of hydrogen-bond acceptors (Lipinski definition) is 2. The lowest BCUT2D eigenvalue weighted by Gasteiger charge is -2.30. The molecular formula is C17H25N3OS. The van der Waals surface area contributed by atoms with Crippen LogP contribution < -0.4 is 16.2 Å². The minimum atomic E-state index is -0.177. The number of benzene rings is 1. The SMILES string of the molecule is CCc1ccc(C(=O)NNC(=S)N[C@@H]2CCCC[C@H]2C)cc1. The molecule has 0 saturated heterocycles. The second kappa shape index (κ2) is 8.13. The number of nitrogens with one attached hydrogen (secondary N) is 3. The van der Waals surface area contributed by atoms with Crippen molar-refractivity contribution in [1.29, 1.82) is 0 Å². The third-order valence-electron chi connectivity index (χ3n) is 4.34. The summed E-state index contributed by atoms with van der Waals surface area (Å²) in [5.41, 5.74) is 7.29. The van der Waals surface area contributed by atoms with Crippen LogP contribution in [0.25, 0.3) is 0 Å². The molecule has 120 valence electrons. The van der Waals surface area contributed by atoms with Gasteiger partial charge in [0, 0.05) is 11.6 Å². The second-order valence-corrected chi connectivity index (χ2v) is 6.38. The fourth-order valence-electron chi connectivity index (χ4n) is 2.81. The van der Waals surface area contributed by atoms with Gasteiger partial charge in [-0.3, -0.25) is 15.6 Å². The van der Waals surface area contributed by atoms with Crippen molar-refractivity contribution in [3.05, 3.63) is 35.4 Å². The third kappa shape index (κ3) is 4.70. The second-order valence-electron chi connectivity index (χ2n) is 5.97. The molecule has 2 atom stereocenters. The Bertz CT molecular complexity index is 515. The number of rotatable bonds is 3. The standard InChI is InChI=1S/C17H25N3OS/c1-3-13-8-10-14(11-9-13)16(21)19-20-17(22)18-15-7-5-4-6-12(15)2/h8-12,15H,3-7H2,1-2H3,(H,19,21)(H2,18,20,22)/t12-,15-/m1/s1. The van der Waals surface area contributed by atoms with Gasteiger partial charge in [-0.05, 0) is 55.1 Å². The maximum atomic E-state index is 12.0. The van der Waals surface area contributed by atoms with Gasteiger partial charge in [0.25, 0.3) is 5.91 Å². The first-order valence-corrected chi connectivity index (χ1v) is 8.46. The molecule has 2 rings (SSSR count). The first-order chi connectivity index (χ1) is 10.6. The zero-order valence-corrected chi connectivity index (χ0v) is 14.1. The van der Waals surface area contributed by atoms with E-state index in [2.05, 4.69) is 30.0 Å². The fourth-order valence-corrected chi connectivity index (χ4v) is 3.02. The van der Waals surface area contributed by atoms with Gasteiger partial charge in [0.2, 0.25) is 0 Å². The van der Waals surface area contributed by atoms with Crippen LogP contribution in [0.2, 0.25) is 0 Å². The first-order valence-electron chi connectivity index (χ1n) is 8.06. The summed E-state index contributed by atoms with van der Waals surface area (Å²) in [7, 11) is 0. The van der Waals surface area contributed by atoms with Crippen molar-refractivity contribution in [3.63, 3.8) is 0 Å². The highest BCUT2D eigenvalue weighted by atomic mass is 32.1. The molecule has 1 saturated carbocycles. The quantitative estimate of drug-likeness (QED) is 0.592. The monoisotopic (exact) mass is 319 g/mol. The summed E-state index contributed by atoms with van der Waals surface area (Å²) in [6, 6.07) is 7.99. The summed E-state index contributed by atoms with van der Waals surface area (Å²) in [5, 5.41) is 3.78. The summed E-state index contributed by atoms with van der Waals surface area (Å²) in [4.78, 5) is 12.0. The molecule has 4 nitrogen and oxygen atoms in total. The maximum Gasteiger partial charge on any atom is 0.269 e. The largest absolute Gasteiger partial charge is 0.358 e. The Morgan fingerprint density at radius 2 is 1.86 bits per heavy atom. The van der Waals surface area contributed by atoms with Crippen molar-refractivity contribution in [2.75, 3.05) is 0 Å². The van der Waals surface area contributed by atoms with Crippen LogP contribution in [0.1, 0.15) is 55.5 Å². The van der Waals surface area contributed by atoms with E-state index >= 15 is 0 Å². The molecule has 5 heteroatoms. The Hall–Kier alpha value is -1.62. The molecule has 0 unspecified atom stereocenters. The number of hydrogen-bond donors (Lipinski definition) is 3. The van der Waals surface area contributed by atoms with E-state index in [4.69, 9.17) is 12.2 Å². The molecule has 1 fully saturated rings. The third-order valence-corrected chi connectivity index (χ3v) is 4.56. The van der Waals surface area contributed by atoms with Crippen LogP contribution in [0, 0.1) is 5.92 Å². The van der Waals surface area contributed by atoms with Crippen LogP contribution in [0.15, 0.2) is 24.3 Å². The van der Waals surface area contributed by atoms with E-state index in [9.17, 15) is 4.79 Å². The lowest BCUT2D eigenvalue weighted by molar-refractivity contribution is 0.0943. The van der Waals surface area contributed by atoms with Gasteiger partial charge < -0.3 is 5.32 Å². The van der Waals surface area contributed by atoms with Crippen LogP contribution in [0.3, 0.4) is 0 Å². The zero-order valence-electron chi connectivity index (χ0n) is 13.3. The lowest BCUT2D eigenvalue weighted by Crippen LogP contribution is -2.51. The average molecular weight is 319 g/mol. The van der Waals surface area contributed by atoms with Gasteiger partial charge in [0.1, 0.15) is 0 Å². The summed E-state index contributed by atoms with van der Waals surface area (Å²) in [5.74, 6) is 0.439. The highest BCUT2D eigenvalue weighted by Crippen LogP contribution is 2.23. The van der Waals surface area contributed by atoms with Gasteiger partial charge in [0.15, 0.2) is 5.11 Å². The summed E-state index contributed by atoms with van der Waals surface area (Å²) >= 11 is 5.26. The highest BCUT2D eigenvalue weighted by molar-refractivity contribution is 7.80. The van der Waals surface area contributed by atoms with E-state index in [-0.39, 0.29) is 5.91 Å². The predicted octanol–water partition coefficient (Wildman–Crippen LogP) is 2.94. The lowest BCUT2D eigenvalue weighted by atomic mass is 9.86. The minimum Gasteiger partial charge on any atom is -0.358 e. The highest BCUT2D eigenvalue weighted by Gasteiger charge is 2.21. The van der Waals surface area contributed by atoms with Crippen molar-refractivity contribution in [2.24, 2.45) is 5.92 Å². The van der Waals surface area contributed by atoms with Gasteiger partial charge in [-0.2, -0.15) is 0 Å². The van der Waals surface area contributed by atoms with Crippen molar-refractivity contribution < 1.29 is 4.79 Å². The predicted molar refractivity (Wildman–Crippen MR) is 93.6 cm³/mol. The van der Waals surface area contributed by atoms with Gasteiger partial charge >= 0.3 is 0 Å². The minimum absolute atomic E-state index is 0.177. The molecule has 22 heavy (non-hydrogen) atoms. The summed E-state index contributed by atoms with van der Waals surface area (Å²) in [6.45, 7) is 4.33. The number of carbonyl (C=O) groups excluding carboxylic acids is 1. The average Bonchev–Trinajstić information content (AvgIpc) is 2.55. The van der Waals surface area contributed by atoms with Crippen molar-refractivity contribution in [1.82, 2.24) is 16.2 Å². The molecule has 1 aromatic carbocycles. The molecule has 0 aliphatic heterocycles. The van der Waals surface area contributed by atoms with Crippen LogP contribution in [-0.4, -0.2) is 17.1 Å². The molecule has 3 N–H and O–H groups in total. The van der Waals surface area contributed by atoms with Gasteiger partial charge in [-0.1, -0.05) is 38.8 Å². The van der Waals surface area contributed by atoms with E-state index in [1.54, 1.807) is 0 Å². The number of amides is 1. The number of hydrazine groups is 1. The number of aryl methyl sites for hydroxylation is 1. The van der Waals surface area contributed by atoms with Gasteiger partial charge in [0.05, 0.1) is 0 Å². The van der Waals surface area contributed by atoms with E-state index in [1.807, 2.05) is 24.3 Å². The smallest absolute Gasteiger partial charge is 0.269 e. The summed E-state index contributed by atoms with van der Waals surface area (Å²) in [6.07, 6.45) is 5.87. The zero-order chi connectivity index (χ0) is 15.9. The molecule has 0 heterocycles. The van der Waals surface area contributed by atoms with Crippen LogP contribution in [0.4, 0.5) is 0 Å². The Morgan fingerprint density at radius 1 is 1.18 bits per heavy atom. The molecule has 0 aromatic heterocycles. The van der Waals surface area contributed by atoms with Crippen LogP contribution >= 0.6 is 12.2 Å². The molecule has 1 aromatic rings. The van der Waals surface area contributed by atoms with Crippen molar-refractivity contribution in [2.45, 2.75) is 52.0 Å². The molecule has 0 spiro atoms. The summed E-state index contributed by atoms with van der Waals surface area (Å²) < 4.78 is 0. The Kier molecular flexibility index (Phi) is 6.19. The molecule has 0 radical (unpaired) electrons. The molecule has 0 bridgehead atoms.